The lowest BCUT2D eigenvalue weighted by Crippen LogP contribution is -2.37. The number of aryl methyl sites for hydroxylation is 1. The molecule has 7 rings (SSSR count). The Hall–Kier alpha value is -5.43. The van der Waals surface area contributed by atoms with Gasteiger partial charge in [-0.05, 0) is 103 Å². The van der Waals surface area contributed by atoms with Crippen LogP contribution in [0.1, 0.15) is 54.6 Å². The third kappa shape index (κ3) is 6.58. The largest absolute Gasteiger partial charge is 0.387 e. The fraction of sp³-hybridized carbons (Fsp3) is 0.160. The number of nitrogens with one attached hydrogen (secondary N) is 1. The van der Waals surface area contributed by atoms with E-state index in [9.17, 15) is 0 Å². The molecular formula is C50H49N2P. The van der Waals surface area contributed by atoms with Crippen LogP contribution in [0.3, 0.4) is 0 Å². The van der Waals surface area contributed by atoms with E-state index in [1.807, 2.05) is 12.3 Å². The molecule has 5 aromatic rings. The molecule has 0 amide bonds. The van der Waals surface area contributed by atoms with E-state index in [0.29, 0.717) is 0 Å². The van der Waals surface area contributed by atoms with E-state index in [-0.39, 0.29) is 0 Å². The van der Waals surface area contributed by atoms with Crippen LogP contribution in [-0.4, -0.2) is 11.1 Å². The zero-order valence-corrected chi connectivity index (χ0v) is 32.1. The highest BCUT2D eigenvalue weighted by Gasteiger charge is 2.44. The maximum absolute atomic E-state index is 5.17. The van der Waals surface area contributed by atoms with E-state index in [2.05, 4.69) is 189 Å². The zero-order chi connectivity index (χ0) is 36.8. The molecule has 2 aliphatic rings. The molecule has 0 radical (unpaired) electrons. The molecule has 4 aromatic carbocycles. The SMILES string of the molecule is C=C/C(=C\C)P(C1=CC(n2c(C)c(C(=C)C(C3=CC=CNC3)(c3ccccc3)c3ccccc3CCC)c3ccccc32)=CCC=C1)c1ccccc1. The third-order valence-electron chi connectivity index (χ3n) is 10.6. The quantitative estimate of drug-likeness (QED) is 0.101. The van der Waals surface area contributed by atoms with Crippen LogP contribution in [0.25, 0.3) is 22.2 Å². The Morgan fingerprint density at radius 1 is 0.925 bits per heavy atom. The van der Waals surface area contributed by atoms with Crippen LogP contribution in [0, 0.1) is 6.92 Å². The number of benzene rings is 4. The average Bonchev–Trinajstić information content (AvgIpc) is 3.31. The van der Waals surface area contributed by atoms with E-state index in [4.69, 9.17) is 6.58 Å². The lowest BCUT2D eigenvalue weighted by Gasteiger charge is -2.42. The summed E-state index contributed by atoms with van der Waals surface area (Å²) in [4.78, 5) is 0. The number of hydrogen-bond donors (Lipinski definition) is 1. The number of rotatable bonds is 12. The van der Waals surface area contributed by atoms with Crippen molar-refractivity contribution >= 4 is 35.4 Å². The molecular weight excluding hydrogens is 660 g/mol. The highest BCUT2D eigenvalue weighted by molar-refractivity contribution is 7.74. The Labute approximate surface area is 317 Å². The molecule has 0 fully saturated rings. The first-order valence-electron chi connectivity index (χ1n) is 18.8. The number of fused-ring (bicyclic) bond motifs is 1. The summed E-state index contributed by atoms with van der Waals surface area (Å²) >= 11 is 0. The number of allylic oxidation sites excluding steroid dienone is 12. The monoisotopic (exact) mass is 708 g/mol. The summed E-state index contributed by atoms with van der Waals surface area (Å²) < 4.78 is 2.48. The van der Waals surface area contributed by atoms with Crippen LogP contribution in [0.4, 0.5) is 0 Å². The number of dihydropyridines is 1. The number of hydrogen-bond acceptors (Lipinski definition) is 1. The van der Waals surface area contributed by atoms with Crippen molar-refractivity contribution in [2.45, 2.75) is 45.4 Å². The van der Waals surface area contributed by atoms with Crippen LogP contribution >= 0.6 is 7.92 Å². The van der Waals surface area contributed by atoms with Gasteiger partial charge in [-0.25, -0.2) is 0 Å². The molecule has 53 heavy (non-hydrogen) atoms. The molecule has 2 heterocycles. The van der Waals surface area contributed by atoms with Gasteiger partial charge < -0.3 is 9.88 Å². The second kappa shape index (κ2) is 16.1. The fourth-order valence-corrected chi connectivity index (χ4v) is 10.7. The van der Waals surface area contributed by atoms with Crippen molar-refractivity contribution in [1.29, 1.82) is 0 Å². The lowest BCUT2D eigenvalue weighted by molar-refractivity contribution is 0.707. The number of para-hydroxylation sites is 1. The maximum Gasteiger partial charge on any atom is 0.0685 e. The molecule has 2 nitrogen and oxygen atoms in total. The molecule has 2 atom stereocenters. The van der Waals surface area contributed by atoms with Gasteiger partial charge in [-0.3, -0.25) is 0 Å². The molecule has 0 bridgehead atoms. The fourth-order valence-electron chi connectivity index (χ4n) is 8.39. The van der Waals surface area contributed by atoms with Crippen LogP contribution < -0.4 is 10.6 Å². The normalized spacial score (nSPS) is 16.1. The van der Waals surface area contributed by atoms with Gasteiger partial charge in [-0.2, -0.15) is 0 Å². The van der Waals surface area contributed by atoms with Gasteiger partial charge in [0.15, 0.2) is 0 Å². The highest BCUT2D eigenvalue weighted by Crippen LogP contribution is 2.55. The van der Waals surface area contributed by atoms with Crippen LogP contribution in [0.15, 0.2) is 193 Å². The topological polar surface area (TPSA) is 17.0 Å². The number of nitrogens with zero attached hydrogens (tertiary/aromatic N) is 1. The maximum atomic E-state index is 5.17. The van der Waals surface area contributed by atoms with Crippen molar-refractivity contribution in [3.8, 4) is 0 Å². The van der Waals surface area contributed by atoms with E-state index < -0.39 is 13.3 Å². The van der Waals surface area contributed by atoms with E-state index in [1.165, 1.54) is 66.1 Å². The lowest BCUT2D eigenvalue weighted by atomic mass is 9.61. The van der Waals surface area contributed by atoms with Gasteiger partial charge in [-0.15, -0.1) is 0 Å². The van der Waals surface area contributed by atoms with Gasteiger partial charge in [0.1, 0.15) is 0 Å². The summed E-state index contributed by atoms with van der Waals surface area (Å²) in [5.74, 6) is 0. The second-order valence-corrected chi connectivity index (χ2v) is 15.9. The molecule has 1 aromatic heterocycles. The van der Waals surface area contributed by atoms with Crippen LogP contribution in [0.5, 0.6) is 0 Å². The standard InChI is InChI=1S/C50H49N2P/c1-6-22-39-23-15-19-32-47(39)50(40-24-11-9-12-25-40,41-26-21-34-51-36-41)37(4)49-38(5)52(48-33-20-18-31-46(48)49)42-27-16-17-30-45(35-42)53(43(7-2)8-3)44-28-13-10-14-29-44/h7-15,17-21,23-35,51H,2,4,6,16,22,36H2,1,3,5H3/b43-8+. The summed E-state index contributed by atoms with van der Waals surface area (Å²) in [5, 5.41) is 8.66. The minimum Gasteiger partial charge on any atom is -0.387 e. The van der Waals surface area contributed by atoms with Crippen molar-refractivity contribution < 1.29 is 0 Å². The van der Waals surface area contributed by atoms with Crippen LogP contribution in [-0.2, 0) is 11.8 Å². The average molecular weight is 709 g/mol. The molecule has 0 spiro atoms. The van der Waals surface area contributed by atoms with Crippen molar-refractivity contribution in [3.05, 3.63) is 221 Å². The van der Waals surface area contributed by atoms with E-state index in [1.54, 1.807) is 0 Å². The van der Waals surface area contributed by atoms with Gasteiger partial charge in [0.2, 0.25) is 0 Å². The summed E-state index contributed by atoms with van der Waals surface area (Å²) in [6.45, 7) is 16.8. The first-order chi connectivity index (χ1) is 26.0. The second-order valence-electron chi connectivity index (χ2n) is 13.7. The van der Waals surface area contributed by atoms with Crippen molar-refractivity contribution in [2.24, 2.45) is 0 Å². The van der Waals surface area contributed by atoms with E-state index in [0.717, 1.165) is 31.4 Å². The summed E-state index contributed by atoms with van der Waals surface area (Å²) in [6.07, 6.45) is 23.1. The minimum atomic E-state index is -0.801. The van der Waals surface area contributed by atoms with Gasteiger partial charge in [0, 0.05) is 28.9 Å². The Bertz CT molecular complexity index is 2330. The Balaban J connectivity index is 1.50. The van der Waals surface area contributed by atoms with Crippen molar-refractivity contribution in [3.63, 3.8) is 0 Å². The first kappa shape index (κ1) is 36.0. The Morgan fingerprint density at radius 3 is 2.36 bits per heavy atom. The third-order valence-corrected chi connectivity index (χ3v) is 13.2. The first-order valence-corrected chi connectivity index (χ1v) is 20.1. The van der Waals surface area contributed by atoms with Crippen molar-refractivity contribution in [1.82, 2.24) is 9.88 Å². The predicted octanol–water partition coefficient (Wildman–Crippen LogP) is 12.5. The zero-order valence-electron chi connectivity index (χ0n) is 31.2. The van der Waals surface area contributed by atoms with Crippen molar-refractivity contribution in [2.75, 3.05) is 6.54 Å². The molecule has 2 unspecified atom stereocenters. The summed E-state index contributed by atoms with van der Waals surface area (Å²) in [6, 6.07) is 39.9. The van der Waals surface area contributed by atoms with Gasteiger partial charge in [-0.1, -0.05) is 166 Å². The molecule has 1 aliphatic heterocycles. The minimum absolute atomic E-state index is 0.614. The summed E-state index contributed by atoms with van der Waals surface area (Å²) in [5.41, 5.74) is 10.4. The smallest absolute Gasteiger partial charge is 0.0685 e. The molecule has 3 heteroatoms. The van der Waals surface area contributed by atoms with E-state index >= 15 is 0 Å². The Morgan fingerprint density at radius 2 is 1.64 bits per heavy atom. The molecule has 0 saturated heterocycles. The molecule has 264 valence electrons. The van der Waals surface area contributed by atoms with Gasteiger partial charge >= 0.3 is 0 Å². The molecule has 1 aliphatic carbocycles. The molecule has 1 N–H and O–H groups in total. The summed E-state index contributed by atoms with van der Waals surface area (Å²) in [7, 11) is -0.801. The Kier molecular flexibility index (Phi) is 10.9. The molecule has 0 saturated carbocycles. The van der Waals surface area contributed by atoms with Gasteiger partial charge in [0.05, 0.1) is 10.9 Å². The predicted molar refractivity (Wildman–Crippen MR) is 232 cm³/mol. The van der Waals surface area contributed by atoms with Crippen LogP contribution in [0.2, 0.25) is 0 Å². The highest BCUT2D eigenvalue weighted by atomic mass is 31.1. The van der Waals surface area contributed by atoms with Gasteiger partial charge in [0.25, 0.3) is 0 Å². The number of aromatic nitrogens is 1.